The summed E-state index contributed by atoms with van der Waals surface area (Å²) in [6.45, 7) is 9.48. The number of hydrogen-bond acceptors (Lipinski definition) is 4. The first kappa shape index (κ1) is 17.7. The first-order valence-corrected chi connectivity index (χ1v) is 10.1. The van der Waals surface area contributed by atoms with E-state index in [1.807, 2.05) is 13.0 Å². The smallest absolute Gasteiger partial charge is 0.336 e. The van der Waals surface area contributed by atoms with Crippen LogP contribution in [0.1, 0.15) is 48.8 Å². The van der Waals surface area contributed by atoms with Crippen molar-refractivity contribution in [3.05, 3.63) is 45.3 Å². The van der Waals surface area contributed by atoms with Gasteiger partial charge in [0.15, 0.2) is 0 Å². The highest BCUT2D eigenvalue weighted by Gasteiger charge is 2.25. The number of hydrogen-bond donors (Lipinski definition) is 0. The van der Waals surface area contributed by atoms with Crippen molar-refractivity contribution >= 4 is 11.0 Å². The first-order chi connectivity index (χ1) is 12.6. The van der Waals surface area contributed by atoms with Crippen LogP contribution in [0.2, 0.25) is 0 Å². The zero-order valence-corrected chi connectivity index (χ0v) is 16.1. The van der Waals surface area contributed by atoms with Gasteiger partial charge in [-0.05, 0) is 49.4 Å². The van der Waals surface area contributed by atoms with E-state index in [9.17, 15) is 4.79 Å². The molecule has 26 heavy (non-hydrogen) atoms. The predicted molar refractivity (Wildman–Crippen MR) is 106 cm³/mol. The highest BCUT2D eigenvalue weighted by atomic mass is 16.4. The van der Waals surface area contributed by atoms with E-state index >= 15 is 0 Å². The molecule has 1 aliphatic heterocycles. The van der Waals surface area contributed by atoms with Gasteiger partial charge in [-0.3, -0.25) is 9.80 Å². The van der Waals surface area contributed by atoms with Crippen LogP contribution in [0.4, 0.5) is 0 Å². The molecule has 4 rings (SSSR count). The Morgan fingerprint density at radius 1 is 1.00 bits per heavy atom. The fourth-order valence-corrected chi connectivity index (χ4v) is 4.87. The van der Waals surface area contributed by atoms with E-state index in [2.05, 4.69) is 22.8 Å². The number of aryl methyl sites for hydroxylation is 2. The van der Waals surface area contributed by atoms with Crippen LogP contribution in [0.3, 0.4) is 0 Å². The highest BCUT2D eigenvalue weighted by molar-refractivity contribution is 5.84. The van der Waals surface area contributed by atoms with Gasteiger partial charge in [0.05, 0.1) is 0 Å². The summed E-state index contributed by atoms with van der Waals surface area (Å²) in [6, 6.07) is 6.65. The van der Waals surface area contributed by atoms with Crippen molar-refractivity contribution in [3.63, 3.8) is 0 Å². The van der Waals surface area contributed by atoms with Gasteiger partial charge in [0.25, 0.3) is 0 Å². The normalized spacial score (nSPS) is 20.7. The molecule has 0 spiro atoms. The monoisotopic (exact) mass is 354 g/mol. The van der Waals surface area contributed by atoms with Crippen molar-refractivity contribution in [2.45, 2.75) is 58.5 Å². The van der Waals surface area contributed by atoms with Crippen molar-refractivity contribution < 1.29 is 4.42 Å². The van der Waals surface area contributed by atoms with Crippen LogP contribution in [0, 0.1) is 13.8 Å². The van der Waals surface area contributed by atoms with Gasteiger partial charge < -0.3 is 4.42 Å². The van der Waals surface area contributed by atoms with Crippen LogP contribution in [0.5, 0.6) is 0 Å². The average Bonchev–Trinajstić information content (AvgIpc) is 2.62. The van der Waals surface area contributed by atoms with E-state index in [1.54, 1.807) is 6.07 Å². The van der Waals surface area contributed by atoms with Gasteiger partial charge in [-0.25, -0.2) is 4.79 Å². The van der Waals surface area contributed by atoms with E-state index in [0.29, 0.717) is 0 Å². The van der Waals surface area contributed by atoms with Crippen molar-refractivity contribution in [2.75, 3.05) is 26.2 Å². The lowest BCUT2D eigenvalue weighted by molar-refractivity contribution is 0.0756. The van der Waals surface area contributed by atoms with Gasteiger partial charge in [0.1, 0.15) is 5.58 Å². The Hall–Kier alpha value is -1.65. The zero-order chi connectivity index (χ0) is 18.1. The summed E-state index contributed by atoms with van der Waals surface area (Å²) in [6.07, 6.45) is 6.97. The maximum atomic E-state index is 12.0. The molecule has 4 nitrogen and oxygen atoms in total. The maximum absolute atomic E-state index is 12.0. The van der Waals surface area contributed by atoms with E-state index in [0.717, 1.165) is 60.9 Å². The number of fused-ring (bicyclic) bond motifs is 1. The van der Waals surface area contributed by atoms with E-state index in [4.69, 9.17) is 4.42 Å². The van der Waals surface area contributed by atoms with Gasteiger partial charge in [-0.1, -0.05) is 25.3 Å². The summed E-state index contributed by atoms with van der Waals surface area (Å²) in [7, 11) is 0. The predicted octanol–water partition coefficient (Wildman–Crippen LogP) is 3.86. The van der Waals surface area contributed by atoms with Crippen molar-refractivity contribution in [3.8, 4) is 0 Å². The molecule has 2 heterocycles. The van der Waals surface area contributed by atoms with Gasteiger partial charge >= 0.3 is 5.63 Å². The molecule has 0 N–H and O–H groups in total. The van der Waals surface area contributed by atoms with Crippen LogP contribution in [-0.4, -0.2) is 42.0 Å². The quantitative estimate of drug-likeness (QED) is 0.784. The van der Waals surface area contributed by atoms with Gasteiger partial charge in [-0.15, -0.1) is 0 Å². The highest BCUT2D eigenvalue weighted by Crippen LogP contribution is 2.26. The minimum Gasteiger partial charge on any atom is -0.423 e. The molecular weight excluding hydrogens is 324 g/mol. The van der Waals surface area contributed by atoms with Crippen LogP contribution in [0.15, 0.2) is 27.4 Å². The van der Waals surface area contributed by atoms with Crippen molar-refractivity contribution in [1.82, 2.24) is 9.80 Å². The van der Waals surface area contributed by atoms with Crippen LogP contribution >= 0.6 is 0 Å². The molecule has 1 aromatic heterocycles. The fraction of sp³-hybridized carbons (Fsp3) is 0.591. The molecule has 140 valence electrons. The third-order valence-corrected chi connectivity index (χ3v) is 6.16. The Labute approximate surface area is 155 Å². The number of nitrogens with zero attached hydrogens (tertiary/aromatic N) is 2. The standard InChI is InChI=1S/C22H30N2O2/c1-16-12-17(2)22-18(14-21(25)26-20(22)13-16)15-23-8-10-24(11-9-23)19-6-4-3-5-7-19/h12-14,19H,3-11,15H2,1-2H3. The summed E-state index contributed by atoms with van der Waals surface area (Å²) < 4.78 is 5.47. The molecule has 2 fully saturated rings. The topological polar surface area (TPSA) is 36.7 Å². The molecular formula is C22H30N2O2. The van der Waals surface area contributed by atoms with Gasteiger partial charge in [0, 0.05) is 50.2 Å². The van der Waals surface area contributed by atoms with Crippen molar-refractivity contribution in [2.24, 2.45) is 0 Å². The summed E-state index contributed by atoms with van der Waals surface area (Å²) in [5, 5.41) is 1.12. The number of benzene rings is 1. The van der Waals surface area contributed by atoms with Crippen molar-refractivity contribution in [1.29, 1.82) is 0 Å². The fourth-order valence-electron chi connectivity index (χ4n) is 4.87. The third kappa shape index (κ3) is 3.72. The second kappa shape index (κ2) is 7.53. The zero-order valence-electron chi connectivity index (χ0n) is 16.1. The maximum Gasteiger partial charge on any atom is 0.336 e. The second-order valence-electron chi connectivity index (χ2n) is 8.15. The number of piperazine rings is 1. The molecule has 0 atom stereocenters. The Morgan fingerprint density at radius 2 is 1.73 bits per heavy atom. The summed E-state index contributed by atoms with van der Waals surface area (Å²) in [4.78, 5) is 17.2. The van der Waals surface area contributed by atoms with Gasteiger partial charge in [-0.2, -0.15) is 0 Å². The summed E-state index contributed by atoms with van der Waals surface area (Å²) in [5.41, 5.74) is 3.93. The minimum absolute atomic E-state index is 0.238. The second-order valence-corrected chi connectivity index (χ2v) is 8.15. The summed E-state index contributed by atoms with van der Waals surface area (Å²) >= 11 is 0. The lowest BCUT2D eigenvalue weighted by Gasteiger charge is -2.40. The van der Waals surface area contributed by atoms with E-state index < -0.39 is 0 Å². The van der Waals surface area contributed by atoms with Crippen LogP contribution < -0.4 is 5.63 Å². The Balaban J connectivity index is 1.49. The van der Waals surface area contributed by atoms with Crippen LogP contribution in [0.25, 0.3) is 11.0 Å². The molecule has 0 unspecified atom stereocenters. The first-order valence-electron chi connectivity index (χ1n) is 10.1. The minimum atomic E-state index is -0.238. The molecule has 0 radical (unpaired) electrons. The number of rotatable bonds is 3. The Kier molecular flexibility index (Phi) is 5.14. The van der Waals surface area contributed by atoms with E-state index in [1.165, 1.54) is 37.7 Å². The molecule has 1 aromatic carbocycles. The lowest BCUT2D eigenvalue weighted by atomic mass is 9.94. The molecule has 2 aromatic rings. The van der Waals surface area contributed by atoms with E-state index in [-0.39, 0.29) is 5.63 Å². The molecule has 1 saturated heterocycles. The molecule has 4 heteroatoms. The third-order valence-electron chi connectivity index (χ3n) is 6.16. The average molecular weight is 354 g/mol. The molecule has 2 aliphatic rings. The van der Waals surface area contributed by atoms with Crippen LogP contribution in [-0.2, 0) is 6.54 Å². The largest absolute Gasteiger partial charge is 0.423 e. The lowest BCUT2D eigenvalue weighted by Crippen LogP contribution is -2.50. The Morgan fingerprint density at radius 3 is 2.46 bits per heavy atom. The molecule has 1 aliphatic carbocycles. The molecule has 0 amide bonds. The SMILES string of the molecule is Cc1cc(C)c2c(CN3CCN(C4CCCCC4)CC3)cc(=O)oc2c1. The molecule has 0 bridgehead atoms. The molecule has 1 saturated carbocycles. The Bertz CT molecular complexity index is 828. The van der Waals surface area contributed by atoms with Gasteiger partial charge in [0.2, 0.25) is 0 Å². The summed E-state index contributed by atoms with van der Waals surface area (Å²) in [5.74, 6) is 0.